The van der Waals surface area contributed by atoms with Crippen molar-refractivity contribution in [2.75, 3.05) is 13.7 Å². The zero-order valence-corrected chi connectivity index (χ0v) is 15.7. The van der Waals surface area contributed by atoms with Crippen molar-refractivity contribution >= 4 is 11.8 Å². The third-order valence-corrected chi connectivity index (χ3v) is 4.12. The Hall–Kier alpha value is -2.20. The fourth-order valence-electron chi connectivity index (χ4n) is 2.95. The molecule has 0 aromatic carbocycles. The molecule has 1 amide bonds. The van der Waals surface area contributed by atoms with Crippen LogP contribution in [0.15, 0.2) is 6.20 Å². The fourth-order valence-corrected chi connectivity index (χ4v) is 2.95. The molecule has 10 heteroatoms. The second-order valence-electron chi connectivity index (χ2n) is 7.22. The second-order valence-corrected chi connectivity index (χ2v) is 7.22. The summed E-state index contributed by atoms with van der Waals surface area (Å²) in [7, 11) is 3.17. The molecule has 1 fully saturated rings. The molecule has 1 aromatic rings. The first-order valence-corrected chi connectivity index (χ1v) is 8.42. The van der Waals surface area contributed by atoms with E-state index in [1.54, 1.807) is 27.8 Å². The summed E-state index contributed by atoms with van der Waals surface area (Å²) in [4.78, 5) is 22.8. The van der Waals surface area contributed by atoms with Crippen LogP contribution in [-0.2, 0) is 21.3 Å². The van der Waals surface area contributed by atoms with Crippen molar-refractivity contribution in [1.82, 2.24) is 15.1 Å². The Morgan fingerprint density at radius 2 is 2.15 bits per heavy atom. The number of rotatable bonds is 4. The van der Waals surface area contributed by atoms with Crippen molar-refractivity contribution in [1.29, 1.82) is 0 Å². The number of hydrogen-bond donors (Lipinski definition) is 1. The Kier molecular flexibility index (Phi) is 6.19. The van der Waals surface area contributed by atoms with Gasteiger partial charge in [0.1, 0.15) is 29.7 Å². The molecule has 2 heterocycles. The van der Waals surface area contributed by atoms with Crippen molar-refractivity contribution in [2.45, 2.75) is 57.5 Å². The molecule has 1 aliphatic rings. The van der Waals surface area contributed by atoms with Crippen LogP contribution in [0.2, 0.25) is 0 Å². The number of amides is 1. The third-order valence-electron chi connectivity index (χ3n) is 4.12. The molecule has 1 unspecified atom stereocenters. The SMILES string of the molecule is COC1CO[C@H](c2c([N+](=O)[O-])cnn2C)CC[C@H]1NC(=O)OC(C)(C)C. The topological polar surface area (TPSA) is 118 Å². The molecule has 3 atom stereocenters. The van der Waals surface area contributed by atoms with Crippen molar-refractivity contribution < 1.29 is 23.9 Å². The van der Waals surface area contributed by atoms with Crippen LogP contribution in [0.4, 0.5) is 10.5 Å². The van der Waals surface area contributed by atoms with E-state index >= 15 is 0 Å². The van der Waals surface area contributed by atoms with E-state index < -0.39 is 22.7 Å². The van der Waals surface area contributed by atoms with Gasteiger partial charge in [-0.3, -0.25) is 14.8 Å². The fraction of sp³-hybridized carbons (Fsp3) is 0.750. The molecule has 0 bridgehead atoms. The summed E-state index contributed by atoms with van der Waals surface area (Å²) in [6.45, 7) is 5.54. The highest BCUT2D eigenvalue weighted by molar-refractivity contribution is 5.68. The van der Waals surface area contributed by atoms with Crippen LogP contribution in [0.3, 0.4) is 0 Å². The van der Waals surface area contributed by atoms with Gasteiger partial charge in [0.2, 0.25) is 0 Å². The van der Waals surface area contributed by atoms with Crippen molar-refractivity contribution in [2.24, 2.45) is 7.05 Å². The van der Waals surface area contributed by atoms with Crippen LogP contribution >= 0.6 is 0 Å². The van der Waals surface area contributed by atoms with E-state index in [1.807, 2.05) is 0 Å². The molecule has 1 aromatic heterocycles. The lowest BCUT2D eigenvalue weighted by molar-refractivity contribution is -0.386. The lowest BCUT2D eigenvalue weighted by Crippen LogP contribution is -2.46. The van der Waals surface area contributed by atoms with Gasteiger partial charge >= 0.3 is 11.8 Å². The average molecular weight is 370 g/mol. The quantitative estimate of drug-likeness (QED) is 0.637. The number of methoxy groups -OCH3 is 1. The summed E-state index contributed by atoms with van der Waals surface area (Å²) in [5, 5.41) is 18.0. The van der Waals surface area contributed by atoms with E-state index in [0.717, 1.165) is 0 Å². The molecule has 0 spiro atoms. The van der Waals surface area contributed by atoms with Crippen LogP contribution in [0.1, 0.15) is 45.4 Å². The highest BCUT2D eigenvalue weighted by Gasteiger charge is 2.35. The zero-order valence-electron chi connectivity index (χ0n) is 15.7. The summed E-state index contributed by atoms with van der Waals surface area (Å²) in [6, 6.07) is -0.327. The van der Waals surface area contributed by atoms with Gasteiger partial charge in [-0.15, -0.1) is 0 Å². The summed E-state index contributed by atoms with van der Waals surface area (Å²) >= 11 is 0. The van der Waals surface area contributed by atoms with Crippen LogP contribution in [0.5, 0.6) is 0 Å². The molecule has 26 heavy (non-hydrogen) atoms. The Bertz CT molecular complexity index is 654. The highest BCUT2D eigenvalue weighted by Crippen LogP contribution is 2.33. The Morgan fingerprint density at radius 1 is 1.46 bits per heavy atom. The average Bonchev–Trinajstić information content (AvgIpc) is 2.79. The number of carbonyl (C=O) groups excluding carboxylic acids is 1. The largest absolute Gasteiger partial charge is 0.444 e. The molecule has 146 valence electrons. The van der Waals surface area contributed by atoms with Gasteiger partial charge in [0.25, 0.3) is 0 Å². The van der Waals surface area contributed by atoms with E-state index in [4.69, 9.17) is 14.2 Å². The van der Waals surface area contributed by atoms with Gasteiger partial charge in [-0.25, -0.2) is 4.79 Å². The maximum Gasteiger partial charge on any atom is 0.407 e. The normalized spacial score (nSPS) is 24.0. The molecule has 2 rings (SSSR count). The number of aromatic nitrogens is 2. The summed E-state index contributed by atoms with van der Waals surface area (Å²) < 4.78 is 18.0. The van der Waals surface area contributed by atoms with Gasteiger partial charge in [0, 0.05) is 14.2 Å². The number of aryl methyl sites for hydroxylation is 1. The third kappa shape index (κ3) is 4.92. The van der Waals surface area contributed by atoms with Crippen LogP contribution in [0.25, 0.3) is 0 Å². The van der Waals surface area contributed by atoms with Crippen molar-refractivity contribution in [3.05, 3.63) is 22.0 Å². The molecular formula is C16H26N4O6. The minimum absolute atomic E-state index is 0.0787. The molecule has 0 radical (unpaired) electrons. The van der Waals surface area contributed by atoms with E-state index in [1.165, 1.54) is 18.0 Å². The number of ether oxygens (including phenoxy) is 3. The molecular weight excluding hydrogens is 344 g/mol. The van der Waals surface area contributed by atoms with Gasteiger partial charge in [-0.05, 0) is 33.6 Å². The van der Waals surface area contributed by atoms with E-state index in [9.17, 15) is 14.9 Å². The smallest absolute Gasteiger partial charge is 0.407 e. The highest BCUT2D eigenvalue weighted by atomic mass is 16.6. The number of hydrogen-bond acceptors (Lipinski definition) is 7. The molecule has 0 saturated carbocycles. The van der Waals surface area contributed by atoms with E-state index in [0.29, 0.717) is 18.5 Å². The minimum atomic E-state index is -0.605. The molecule has 10 nitrogen and oxygen atoms in total. The predicted octanol–water partition coefficient (Wildman–Crippen LogP) is 2.09. The standard InChI is InChI=1S/C16H26N4O6/c1-16(2,3)26-15(21)18-10-6-7-12(25-9-13(10)24-5)14-11(20(22)23)8-17-19(14)4/h8,10,12-13H,6-7,9H2,1-5H3,(H,18,21)/t10-,12+,13?/m1/s1. The lowest BCUT2D eigenvalue weighted by Gasteiger charge is -2.26. The van der Waals surface area contributed by atoms with Crippen LogP contribution in [0, 0.1) is 10.1 Å². The van der Waals surface area contributed by atoms with Gasteiger partial charge in [-0.1, -0.05) is 0 Å². The zero-order chi connectivity index (χ0) is 19.5. The first-order valence-electron chi connectivity index (χ1n) is 8.42. The maximum absolute atomic E-state index is 12.1. The Balaban J connectivity index is 2.12. The summed E-state index contributed by atoms with van der Waals surface area (Å²) in [5.74, 6) is 0. The Morgan fingerprint density at radius 3 is 2.73 bits per heavy atom. The molecule has 1 N–H and O–H groups in total. The van der Waals surface area contributed by atoms with E-state index in [-0.39, 0.29) is 24.4 Å². The van der Waals surface area contributed by atoms with Gasteiger partial charge in [0.15, 0.2) is 0 Å². The van der Waals surface area contributed by atoms with Gasteiger partial charge < -0.3 is 19.5 Å². The van der Waals surface area contributed by atoms with Crippen molar-refractivity contribution in [3.63, 3.8) is 0 Å². The van der Waals surface area contributed by atoms with Gasteiger partial charge in [-0.2, -0.15) is 5.10 Å². The molecule has 1 saturated heterocycles. The predicted molar refractivity (Wildman–Crippen MR) is 91.7 cm³/mol. The van der Waals surface area contributed by atoms with Crippen molar-refractivity contribution in [3.8, 4) is 0 Å². The maximum atomic E-state index is 12.1. The Labute approximate surface area is 151 Å². The number of nitro groups is 1. The first-order chi connectivity index (χ1) is 12.1. The number of nitrogens with one attached hydrogen (secondary N) is 1. The molecule has 1 aliphatic heterocycles. The van der Waals surface area contributed by atoms with Gasteiger partial charge in [0.05, 0.1) is 17.6 Å². The summed E-state index contributed by atoms with van der Waals surface area (Å²) in [5.41, 5.74) is -0.279. The number of alkyl carbamates (subject to hydrolysis) is 1. The van der Waals surface area contributed by atoms with Crippen LogP contribution < -0.4 is 5.32 Å². The summed E-state index contributed by atoms with van der Waals surface area (Å²) in [6.07, 6.45) is 0.777. The number of nitrogens with zero attached hydrogens (tertiary/aromatic N) is 3. The first kappa shape index (κ1) is 20.1. The minimum Gasteiger partial charge on any atom is -0.444 e. The van der Waals surface area contributed by atoms with Crippen LogP contribution in [-0.4, -0.2) is 52.3 Å². The van der Waals surface area contributed by atoms with E-state index in [2.05, 4.69) is 10.4 Å². The number of carbonyl (C=O) groups is 1. The second kappa shape index (κ2) is 8.00. The molecule has 0 aliphatic carbocycles. The monoisotopic (exact) mass is 370 g/mol. The lowest BCUT2D eigenvalue weighted by atomic mass is 10.0.